The number of carbonyl (C=O) groups is 4. The van der Waals surface area contributed by atoms with Crippen LogP contribution in [0.2, 0.25) is 0 Å². The van der Waals surface area contributed by atoms with Crippen LogP contribution in [0.1, 0.15) is 63.1 Å². The van der Waals surface area contributed by atoms with E-state index < -0.39 is 0 Å². The van der Waals surface area contributed by atoms with Gasteiger partial charge in [-0.05, 0) is 54.3 Å². The summed E-state index contributed by atoms with van der Waals surface area (Å²) in [5.41, 5.74) is 11.3. The minimum atomic E-state index is -0.215. The van der Waals surface area contributed by atoms with Crippen LogP contribution in [0.3, 0.4) is 0 Å². The van der Waals surface area contributed by atoms with E-state index in [4.69, 9.17) is 43.6 Å². The highest BCUT2D eigenvalue weighted by Gasteiger charge is 2.35. The Bertz CT molecular complexity index is 2470. The number of methoxy groups -OCH3 is 2. The molecular formula is C53H63N7O12. The van der Waals surface area contributed by atoms with Crippen molar-refractivity contribution in [2.24, 2.45) is 15.7 Å². The van der Waals surface area contributed by atoms with E-state index in [0.717, 1.165) is 22.3 Å². The topological polar surface area (TPSA) is 223 Å². The van der Waals surface area contributed by atoms with Gasteiger partial charge in [0.1, 0.15) is 13.2 Å². The average Bonchev–Trinajstić information content (AvgIpc) is 3.89. The lowest BCUT2D eigenvalue weighted by atomic mass is 10.1. The van der Waals surface area contributed by atoms with Gasteiger partial charge in [0.25, 0.3) is 11.8 Å². The Morgan fingerprint density at radius 2 is 1.14 bits per heavy atom. The summed E-state index contributed by atoms with van der Waals surface area (Å²) in [5.74, 6) is 7.16. The van der Waals surface area contributed by atoms with E-state index >= 15 is 0 Å². The molecule has 0 spiro atoms. The van der Waals surface area contributed by atoms with Gasteiger partial charge < -0.3 is 64.1 Å². The van der Waals surface area contributed by atoms with Crippen LogP contribution in [0.4, 0.5) is 11.4 Å². The molecule has 3 aromatic rings. The number of aliphatic imine (C=N–C) groups is 2. The SMILES string of the molecule is C=C1CC2C=Nc3cc(OCc4cc(C#CCNC(=O)CCOCCOCCOCCOCCNC(=O)CCN)cc(COc5cc6c(cc5OC)C(=O)N5CC(=C)C[C@H]5C=N6)c4)c(OC)cc3C(=O)N2C1. The molecule has 19 nitrogen and oxygen atoms in total. The second-order valence-corrected chi connectivity index (χ2v) is 17.3. The van der Waals surface area contributed by atoms with Crippen LogP contribution in [-0.2, 0) is 41.8 Å². The third-order valence-electron chi connectivity index (χ3n) is 11.9. The molecule has 0 bridgehead atoms. The molecule has 4 N–H and O–H groups in total. The van der Waals surface area contributed by atoms with E-state index in [1.54, 1.807) is 46.5 Å². The lowest BCUT2D eigenvalue weighted by Crippen LogP contribution is -2.35. The number of ether oxygens (including phenoxy) is 8. The minimum Gasteiger partial charge on any atom is -0.493 e. The number of amides is 4. The first-order valence-electron chi connectivity index (χ1n) is 23.9. The second kappa shape index (κ2) is 26.4. The lowest BCUT2D eigenvalue weighted by Gasteiger charge is -2.20. The number of nitrogens with two attached hydrogens (primary N) is 1. The van der Waals surface area contributed by atoms with Crippen LogP contribution >= 0.6 is 0 Å². The van der Waals surface area contributed by atoms with Gasteiger partial charge in [-0.3, -0.25) is 29.2 Å². The van der Waals surface area contributed by atoms with Crippen LogP contribution in [0.5, 0.6) is 23.0 Å². The summed E-state index contributed by atoms with van der Waals surface area (Å²) in [5, 5.41) is 5.53. The van der Waals surface area contributed by atoms with Crippen LogP contribution in [0.15, 0.2) is 76.8 Å². The Kier molecular flexibility index (Phi) is 19.3. The molecule has 72 heavy (non-hydrogen) atoms. The van der Waals surface area contributed by atoms with Gasteiger partial charge in [-0.25, -0.2) is 0 Å². The smallest absolute Gasteiger partial charge is 0.257 e. The van der Waals surface area contributed by atoms with E-state index in [9.17, 15) is 19.2 Å². The van der Waals surface area contributed by atoms with E-state index in [1.807, 2.05) is 18.2 Å². The van der Waals surface area contributed by atoms with Crippen molar-refractivity contribution in [2.75, 3.05) is 99.8 Å². The summed E-state index contributed by atoms with van der Waals surface area (Å²) in [4.78, 5) is 64.0. The highest BCUT2D eigenvalue weighted by atomic mass is 16.6. The Balaban J connectivity index is 0.931. The Morgan fingerprint density at radius 3 is 1.64 bits per heavy atom. The number of hydrogen-bond donors (Lipinski definition) is 3. The number of fused-ring (bicyclic) bond motifs is 4. The maximum absolute atomic E-state index is 13.6. The molecule has 7 rings (SSSR count). The van der Waals surface area contributed by atoms with Crippen molar-refractivity contribution in [3.63, 3.8) is 0 Å². The molecule has 4 amide bonds. The zero-order chi connectivity index (χ0) is 50.8. The van der Waals surface area contributed by atoms with Gasteiger partial charge in [-0.1, -0.05) is 36.1 Å². The lowest BCUT2D eigenvalue weighted by molar-refractivity contribution is -0.122. The predicted molar refractivity (Wildman–Crippen MR) is 269 cm³/mol. The van der Waals surface area contributed by atoms with E-state index in [2.05, 4.69) is 45.6 Å². The molecule has 4 aliphatic heterocycles. The van der Waals surface area contributed by atoms with Crippen molar-refractivity contribution >= 4 is 47.4 Å². The monoisotopic (exact) mass is 989 g/mol. The van der Waals surface area contributed by atoms with Crippen LogP contribution < -0.4 is 35.3 Å². The Morgan fingerprint density at radius 1 is 0.653 bits per heavy atom. The molecule has 3 aromatic carbocycles. The van der Waals surface area contributed by atoms with Gasteiger partial charge in [-0.15, -0.1) is 0 Å². The summed E-state index contributed by atoms with van der Waals surface area (Å²) in [6.07, 6.45) is 5.33. The van der Waals surface area contributed by atoms with Gasteiger partial charge in [0.2, 0.25) is 11.8 Å². The zero-order valence-electron chi connectivity index (χ0n) is 41.0. The van der Waals surface area contributed by atoms with E-state index in [1.165, 1.54) is 14.2 Å². The van der Waals surface area contributed by atoms with Crippen molar-refractivity contribution in [3.8, 4) is 34.8 Å². The molecule has 19 heteroatoms. The van der Waals surface area contributed by atoms with Gasteiger partial charge >= 0.3 is 0 Å². The third kappa shape index (κ3) is 14.5. The number of rotatable bonds is 26. The zero-order valence-corrected chi connectivity index (χ0v) is 41.0. The molecule has 0 radical (unpaired) electrons. The van der Waals surface area contributed by atoms with Crippen molar-refractivity contribution < 1.29 is 57.1 Å². The fourth-order valence-corrected chi connectivity index (χ4v) is 8.32. The number of hydrogen-bond acceptors (Lipinski definition) is 15. The van der Waals surface area contributed by atoms with Crippen LogP contribution in [0, 0.1) is 11.8 Å². The third-order valence-corrected chi connectivity index (χ3v) is 11.9. The van der Waals surface area contributed by atoms with Crippen molar-refractivity contribution in [1.29, 1.82) is 0 Å². The molecule has 2 atom stereocenters. The highest BCUT2D eigenvalue weighted by Crippen LogP contribution is 2.40. The molecule has 4 heterocycles. The first-order valence-corrected chi connectivity index (χ1v) is 23.9. The van der Waals surface area contributed by atoms with Crippen molar-refractivity contribution in [2.45, 2.75) is 51.0 Å². The number of nitrogens with one attached hydrogen (secondary N) is 2. The molecule has 2 fully saturated rings. The molecule has 2 saturated heterocycles. The van der Waals surface area contributed by atoms with Crippen molar-refractivity contribution in [3.05, 3.63) is 94.6 Å². The fraction of sp³-hybridized carbons (Fsp3) is 0.434. The van der Waals surface area contributed by atoms with Gasteiger partial charge in [0, 0.05) is 69.1 Å². The number of nitrogens with zero attached hydrogens (tertiary/aromatic N) is 4. The summed E-state index contributed by atoms with van der Waals surface area (Å²) in [7, 11) is 3.04. The molecule has 1 unspecified atom stereocenters. The van der Waals surface area contributed by atoms with E-state index in [-0.39, 0.29) is 68.5 Å². The Hall–Kier alpha value is -7.08. The van der Waals surface area contributed by atoms with E-state index in [0.29, 0.717) is 143 Å². The van der Waals surface area contributed by atoms with Gasteiger partial charge in [0.15, 0.2) is 23.0 Å². The molecule has 0 aromatic heterocycles. The summed E-state index contributed by atoms with van der Waals surface area (Å²) >= 11 is 0. The normalized spacial score (nSPS) is 16.5. The minimum absolute atomic E-state index is 0.0945. The first-order chi connectivity index (χ1) is 35.0. The summed E-state index contributed by atoms with van der Waals surface area (Å²) < 4.78 is 46.1. The Labute approximate surface area is 419 Å². The van der Waals surface area contributed by atoms with Gasteiger partial charge in [0.05, 0.1) is 108 Å². The number of carbonyl (C=O) groups excluding carboxylic acids is 4. The molecule has 4 aliphatic rings. The standard InChI is InChI=1S/C53H63N7O12/c1-35-20-40-29-57-44-27-48(46(65-3)25-42(44)52(63)59(40)31-35)71-33-38-22-37(6-5-10-55-51(62)8-12-67-14-16-69-18-19-70-17-15-68-13-11-56-50(61)7-9-54)23-39(24-38)34-72-49-28-45-43(26-47(49)66-4)53(64)60-32-36(2)21-41(60)30-58-45/h22-30,40-41H,1-2,7-21,31-34,54H2,3-4H3,(H,55,62)(H,56,61)/t40-,41?/m0/s1. The summed E-state index contributed by atoms with van der Waals surface area (Å²) in [6, 6.07) is 12.1. The summed E-state index contributed by atoms with van der Waals surface area (Å²) in [6.45, 7) is 13.0. The maximum atomic E-state index is 13.6. The second-order valence-electron chi connectivity index (χ2n) is 17.3. The van der Waals surface area contributed by atoms with Gasteiger partial charge in [-0.2, -0.15) is 0 Å². The predicted octanol–water partition coefficient (Wildman–Crippen LogP) is 4.22. The fourth-order valence-electron chi connectivity index (χ4n) is 8.32. The largest absolute Gasteiger partial charge is 0.493 e. The van der Waals surface area contributed by atoms with Crippen LogP contribution in [-0.4, -0.2) is 158 Å². The van der Waals surface area contributed by atoms with Crippen molar-refractivity contribution in [1.82, 2.24) is 20.4 Å². The average molecular weight is 990 g/mol. The molecule has 382 valence electrons. The highest BCUT2D eigenvalue weighted by molar-refractivity contribution is 6.05. The molecule has 0 aliphatic carbocycles. The first kappa shape index (κ1) is 52.7. The maximum Gasteiger partial charge on any atom is 0.257 e. The quantitative estimate of drug-likeness (QED) is 0.0583. The number of benzene rings is 3. The molecule has 0 saturated carbocycles. The molecular weight excluding hydrogens is 927 g/mol. The van der Waals surface area contributed by atoms with Crippen LogP contribution in [0.25, 0.3) is 0 Å².